The number of phenolic OH excluding ortho intramolecular Hbond substituents is 1. The molecular weight excluding hydrogens is 356 g/mol. The molecule has 1 amide bonds. The number of hydrazone groups is 1. The number of rotatable bonds is 4. The van der Waals surface area contributed by atoms with E-state index in [4.69, 9.17) is 0 Å². The Kier molecular flexibility index (Phi) is 5.17. The van der Waals surface area contributed by atoms with Crippen LogP contribution in [0.1, 0.15) is 39.7 Å². The highest BCUT2D eigenvalue weighted by Crippen LogP contribution is 2.14. The Labute approximate surface area is 162 Å². The molecule has 0 saturated carbocycles. The Morgan fingerprint density at radius 1 is 1.11 bits per heavy atom. The van der Waals surface area contributed by atoms with Crippen LogP contribution in [0.4, 0.5) is 0 Å². The van der Waals surface area contributed by atoms with Crippen molar-refractivity contribution in [1.82, 2.24) is 15.2 Å². The first-order valence-electron chi connectivity index (χ1n) is 8.81. The molecule has 0 fully saturated rings. The highest BCUT2D eigenvalue weighted by Gasteiger charge is 2.16. The van der Waals surface area contributed by atoms with E-state index >= 15 is 0 Å². The first-order chi connectivity index (χ1) is 13.3. The number of hydrogen-bond donors (Lipinski definition) is 3. The van der Waals surface area contributed by atoms with Crippen molar-refractivity contribution in [3.63, 3.8) is 0 Å². The number of nitrogens with one attached hydrogen (secondary N) is 2. The molecule has 7 heteroatoms. The molecule has 1 aromatic heterocycles. The van der Waals surface area contributed by atoms with Gasteiger partial charge < -0.3 is 5.11 Å². The Morgan fingerprint density at radius 3 is 2.54 bits per heavy atom. The molecule has 1 heterocycles. The fourth-order valence-electron chi connectivity index (χ4n) is 2.92. The highest BCUT2D eigenvalue weighted by atomic mass is 16.3. The lowest BCUT2D eigenvalue weighted by Gasteiger charge is -2.05. The van der Waals surface area contributed by atoms with Crippen LogP contribution in [-0.2, 0) is 0 Å². The van der Waals surface area contributed by atoms with E-state index in [1.165, 1.54) is 16.8 Å². The zero-order valence-electron chi connectivity index (χ0n) is 16.2. The summed E-state index contributed by atoms with van der Waals surface area (Å²) >= 11 is 0. The monoisotopic (exact) mass is 378 g/mol. The Bertz CT molecular complexity index is 1140. The minimum Gasteiger partial charge on any atom is -0.508 e. The molecule has 0 aliphatic carbocycles. The van der Waals surface area contributed by atoms with Crippen LogP contribution in [0.2, 0.25) is 0 Å². The smallest absolute Gasteiger partial charge is 0.280 e. The van der Waals surface area contributed by atoms with Crippen LogP contribution >= 0.6 is 0 Å². The van der Waals surface area contributed by atoms with Crippen molar-refractivity contribution in [2.45, 2.75) is 27.7 Å². The van der Waals surface area contributed by atoms with Crippen LogP contribution in [0.5, 0.6) is 5.75 Å². The first-order valence-corrected chi connectivity index (χ1v) is 8.81. The number of aromatic amines is 1. The van der Waals surface area contributed by atoms with Gasteiger partial charge in [-0.05, 0) is 69.2 Å². The standard InChI is InChI=1S/C21H22N4O3/c1-12-8-9-17(10-13(12)2)25-21(28)19(15(4)24-25)14(3)22-23-20(27)16-6-5-7-18(26)11-16/h5-11,24,26H,1-4H3,(H,23,27). The topological polar surface area (TPSA) is 99.5 Å². The molecule has 7 nitrogen and oxygen atoms in total. The molecule has 3 rings (SSSR count). The van der Waals surface area contributed by atoms with Gasteiger partial charge in [0.25, 0.3) is 11.5 Å². The van der Waals surface area contributed by atoms with Gasteiger partial charge in [0.1, 0.15) is 5.75 Å². The van der Waals surface area contributed by atoms with Crippen molar-refractivity contribution in [2.75, 3.05) is 0 Å². The zero-order valence-corrected chi connectivity index (χ0v) is 16.2. The number of carbonyl (C=O) groups excluding carboxylic acids is 1. The normalized spacial score (nSPS) is 11.5. The van der Waals surface area contributed by atoms with Crippen molar-refractivity contribution in [1.29, 1.82) is 0 Å². The SMILES string of the molecule is CC(=NNC(=O)c1cccc(O)c1)c1c(C)[nH]n(-c2ccc(C)c(C)c2)c1=O. The second-order valence-corrected chi connectivity index (χ2v) is 6.71. The van der Waals surface area contributed by atoms with Crippen molar-refractivity contribution < 1.29 is 9.90 Å². The predicted octanol–water partition coefficient (Wildman–Crippen LogP) is 2.95. The summed E-state index contributed by atoms with van der Waals surface area (Å²) in [6.45, 7) is 7.44. The van der Waals surface area contributed by atoms with Gasteiger partial charge in [0.2, 0.25) is 0 Å². The maximum atomic E-state index is 12.9. The fourth-order valence-corrected chi connectivity index (χ4v) is 2.92. The van der Waals surface area contributed by atoms with E-state index in [1.807, 2.05) is 32.0 Å². The third kappa shape index (κ3) is 3.73. The number of benzene rings is 2. The lowest BCUT2D eigenvalue weighted by Crippen LogP contribution is -2.23. The number of phenols is 1. The molecule has 28 heavy (non-hydrogen) atoms. The third-order valence-electron chi connectivity index (χ3n) is 4.62. The fraction of sp³-hybridized carbons (Fsp3) is 0.190. The lowest BCUT2D eigenvalue weighted by molar-refractivity contribution is 0.0954. The maximum absolute atomic E-state index is 12.9. The van der Waals surface area contributed by atoms with Gasteiger partial charge in [0.15, 0.2) is 0 Å². The third-order valence-corrected chi connectivity index (χ3v) is 4.62. The predicted molar refractivity (Wildman–Crippen MR) is 108 cm³/mol. The van der Waals surface area contributed by atoms with Crippen molar-refractivity contribution in [2.24, 2.45) is 5.10 Å². The van der Waals surface area contributed by atoms with Gasteiger partial charge in [-0.3, -0.25) is 14.7 Å². The van der Waals surface area contributed by atoms with Gasteiger partial charge in [-0.15, -0.1) is 0 Å². The Morgan fingerprint density at radius 2 is 1.86 bits per heavy atom. The summed E-state index contributed by atoms with van der Waals surface area (Å²) in [6.07, 6.45) is 0. The molecule has 0 bridgehead atoms. The lowest BCUT2D eigenvalue weighted by atomic mass is 10.1. The van der Waals surface area contributed by atoms with E-state index in [2.05, 4.69) is 15.6 Å². The van der Waals surface area contributed by atoms with Crippen LogP contribution in [0.15, 0.2) is 52.4 Å². The molecule has 2 aromatic carbocycles. The number of amides is 1. The molecule has 0 aliphatic rings. The van der Waals surface area contributed by atoms with Crippen molar-refractivity contribution in [3.05, 3.63) is 80.8 Å². The van der Waals surface area contributed by atoms with Gasteiger partial charge in [0, 0.05) is 11.3 Å². The van der Waals surface area contributed by atoms with Crippen molar-refractivity contribution in [3.8, 4) is 11.4 Å². The molecular formula is C21H22N4O3. The molecule has 3 N–H and O–H groups in total. The van der Waals surface area contributed by atoms with Crippen molar-refractivity contribution >= 4 is 11.6 Å². The summed E-state index contributed by atoms with van der Waals surface area (Å²) in [7, 11) is 0. The highest BCUT2D eigenvalue weighted by molar-refractivity contribution is 6.01. The maximum Gasteiger partial charge on any atom is 0.280 e. The quantitative estimate of drug-likeness (QED) is 0.481. The summed E-state index contributed by atoms with van der Waals surface area (Å²) in [4.78, 5) is 25.1. The largest absolute Gasteiger partial charge is 0.508 e. The van der Waals surface area contributed by atoms with Crippen LogP contribution in [0.25, 0.3) is 5.69 Å². The van der Waals surface area contributed by atoms with Gasteiger partial charge in [-0.25, -0.2) is 10.1 Å². The molecule has 0 atom stereocenters. The van der Waals surface area contributed by atoms with E-state index in [0.29, 0.717) is 17.0 Å². The molecule has 144 valence electrons. The molecule has 0 aliphatic heterocycles. The molecule has 0 saturated heterocycles. The second kappa shape index (κ2) is 7.56. The molecule has 3 aromatic rings. The minimum atomic E-state index is -0.474. The van der Waals surface area contributed by atoms with Crippen LogP contribution in [-0.4, -0.2) is 26.5 Å². The Balaban J connectivity index is 1.90. The summed E-state index contributed by atoms with van der Waals surface area (Å²) in [5.74, 6) is -0.482. The average Bonchev–Trinajstić information content (AvgIpc) is 2.96. The number of aryl methyl sites for hydroxylation is 3. The van der Waals surface area contributed by atoms with Crippen LogP contribution in [0.3, 0.4) is 0 Å². The Hall–Kier alpha value is -3.61. The van der Waals surface area contributed by atoms with Gasteiger partial charge in [-0.2, -0.15) is 5.10 Å². The first kappa shape index (κ1) is 19.2. The van der Waals surface area contributed by atoms with Gasteiger partial charge in [0.05, 0.1) is 17.0 Å². The van der Waals surface area contributed by atoms with Crippen LogP contribution in [0, 0.1) is 20.8 Å². The van der Waals surface area contributed by atoms with Crippen LogP contribution < -0.4 is 11.0 Å². The summed E-state index contributed by atoms with van der Waals surface area (Å²) in [5, 5.41) is 16.6. The average molecular weight is 378 g/mol. The second-order valence-electron chi connectivity index (χ2n) is 6.71. The number of hydrogen-bond acceptors (Lipinski definition) is 4. The van der Waals surface area contributed by atoms with E-state index < -0.39 is 5.91 Å². The minimum absolute atomic E-state index is 0.00823. The van der Waals surface area contributed by atoms with E-state index in [0.717, 1.165) is 16.8 Å². The molecule has 0 radical (unpaired) electrons. The van der Waals surface area contributed by atoms with E-state index in [-0.39, 0.29) is 16.9 Å². The number of H-pyrrole nitrogens is 1. The number of nitrogens with zero attached hydrogens (tertiary/aromatic N) is 2. The summed E-state index contributed by atoms with van der Waals surface area (Å²) < 4.78 is 1.47. The number of aromatic nitrogens is 2. The molecule has 0 unspecified atom stereocenters. The summed E-state index contributed by atoms with van der Waals surface area (Å²) in [5.41, 5.74) is 6.85. The van der Waals surface area contributed by atoms with Gasteiger partial charge in [-0.1, -0.05) is 12.1 Å². The van der Waals surface area contributed by atoms with E-state index in [1.54, 1.807) is 26.0 Å². The zero-order chi connectivity index (χ0) is 20.4. The molecule has 0 spiro atoms. The summed E-state index contributed by atoms with van der Waals surface area (Å²) in [6, 6.07) is 11.7. The van der Waals surface area contributed by atoms with Gasteiger partial charge >= 0.3 is 0 Å². The number of aromatic hydroxyl groups is 1. The number of carbonyl (C=O) groups is 1. The van der Waals surface area contributed by atoms with E-state index in [9.17, 15) is 14.7 Å².